The van der Waals surface area contributed by atoms with Gasteiger partial charge in [-0.15, -0.1) is 0 Å². The van der Waals surface area contributed by atoms with Gasteiger partial charge in [0.1, 0.15) is 11.9 Å². The van der Waals surface area contributed by atoms with Crippen LogP contribution < -0.4 is 10.6 Å². The second-order valence-corrected chi connectivity index (χ2v) is 11.5. The Bertz CT molecular complexity index is 1590. The highest BCUT2D eigenvalue weighted by molar-refractivity contribution is 6.10. The molecule has 9 nitrogen and oxygen atoms in total. The van der Waals surface area contributed by atoms with Crippen molar-refractivity contribution >= 4 is 40.3 Å². The third kappa shape index (κ3) is 5.43. The molecule has 43 heavy (non-hydrogen) atoms. The molecule has 3 N–H and O–H groups in total. The van der Waals surface area contributed by atoms with Gasteiger partial charge in [-0.3, -0.25) is 19.3 Å². The molecule has 3 aromatic rings. The molecule has 2 fully saturated rings. The molecule has 0 aliphatic carbocycles. The van der Waals surface area contributed by atoms with Crippen LogP contribution in [-0.4, -0.2) is 64.7 Å². The lowest BCUT2D eigenvalue weighted by atomic mass is 9.67. The summed E-state index contributed by atoms with van der Waals surface area (Å²) < 4.78 is 53.4. The van der Waals surface area contributed by atoms with Crippen LogP contribution in [0.1, 0.15) is 43.7 Å². The van der Waals surface area contributed by atoms with Crippen LogP contribution in [0.15, 0.2) is 48.7 Å². The molecular weight excluding hydrogens is 570 g/mol. The summed E-state index contributed by atoms with van der Waals surface area (Å²) in [6, 6.07) is 6.98. The Morgan fingerprint density at radius 2 is 1.74 bits per heavy atom. The molecule has 2 aliphatic heterocycles. The van der Waals surface area contributed by atoms with E-state index in [1.807, 2.05) is 24.3 Å². The minimum atomic E-state index is -4.74. The van der Waals surface area contributed by atoms with E-state index in [1.54, 1.807) is 20.0 Å². The average Bonchev–Trinajstić information content (AvgIpc) is 3.49. The standard InChI is InChI=1S/C30H31F4N5O4/c1-16(2)24(37-28(43)36-22-15-19(30(32,33)34)5-6-20(22)31)26(41)39-12-9-29(10-13-39)23(25(40)38(3)27(29)42)18-4-7-21-17(14-18)8-11-35-21/h4-8,11,14-16,23-24,35H,9-10,12-13H2,1-3H3,(H2,36,37,43)/t23?,24-/m1/s1. The van der Waals surface area contributed by atoms with E-state index in [1.165, 1.54) is 11.9 Å². The molecular formula is C30H31F4N5O4. The van der Waals surface area contributed by atoms with Gasteiger partial charge in [0.05, 0.1) is 22.6 Å². The van der Waals surface area contributed by atoms with Crippen molar-refractivity contribution in [3.63, 3.8) is 0 Å². The van der Waals surface area contributed by atoms with Crippen LogP contribution in [0.4, 0.5) is 28.0 Å². The van der Waals surface area contributed by atoms with Gasteiger partial charge in [0.25, 0.3) is 0 Å². The molecule has 1 aromatic heterocycles. The van der Waals surface area contributed by atoms with Crippen molar-refractivity contribution in [2.45, 2.75) is 44.8 Å². The maximum Gasteiger partial charge on any atom is 0.416 e. The van der Waals surface area contributed by atoms with E-state index >= 15 is 0 Å². The zero-order valence-corrected chi connectivity index (χ0v) is 23.7. The van der Waals surface area contributed by atoms with Gasteiger partial charge in [-0.25, -0.2) is 9.18 Å². The predicted octanol–water partition coefficient (Wildman–Crippen LogP) is 4.86. The van der Waals surface area contributed by atoms with Crippen molar-refractivity contribution in [2.24, 2.45) is 11.3 Å². The van der Waals surface area contributed by atoms with Gasteiger partial charge < -0.3 is 20.5 Å². The number of aromatic amines is 1. The summed E-state index contributed by atoms with van der Waals surface area (Å²) in [4.78, 5) is 58.8. The van der Waals surface area contributed by atoms with Crippen molar-refractivity contribution in [3.8, 4) is 0 Å². The third-order valence-corrected chi connectivity index (χ3v) is 8.50. The van der Waals surface area contributed by atoms with E-state index in [0.717, 1.165) is 21.4 Å². The van der Waals surface area contributed by atoms with E-state index in [0.29, 0.717) is 18.2 Å². The Kier molecular flexibility index (Phi) is 7.69. The molecule has 5 amide bonds. The number of likely N-dealkylation sites (N-methyl/N-ethyl adjacent to an activating group) is 1. The quantitative estimate of drug-likeness (QED) is 0.286. The zero-order valence-electron chi connectivity index (χ0n) is 23.7. The van der Waals surface area contributed by atoms with Crippen LogP contribution in [0, 0.1) is 17.2 Å². The van der Waals surface area contributed by atoms with E-state index in [9.17, 15) is 36.7 Å². The Morgan fingerprint density at radius 1 is 1.05 bits per heavy atom. The molecule has 13 heteroatoms. The first kappa shape index (κ1) is 30.1. The molecule has 2 aliphatic rings. The van der Waals surface area contributed by atoms with Gasteiger partial charge >= 0.3 is 12.2 Å². The lowest BCUT2D eigenvalue weighted by Crippen LogP contribution is -2.56. The van der Waals surface area contributed by atoms with Crippen molar-refractivity contribution < 1.29 is 36.7 Å². The topological polar surface area (TPSA) is 115 Å². The molecule has 3 heterocycles. The van der Waals surface area contributed by atoms with Crippen LogP contribution in [-0.2, 0) is 20.6 Å². The number of rotatable bonds is 5. The number of H-pyrrole nitrogens is 1. The highest BCUT2D eigenvalue weighted by Gasteiger charge is 2.59. The number of imide groups is 1. The smallest absolute Gasteiger partial charge is 0.361 e. The number of anilines is 1. The largest absolute Gasteiger partial charge is 0.416 e. The fourth-order valence-corrected chi connectivity index (χ4v) is 6.14. The number of carbonyl (C=O) groups is 4. The van der Waals surface area contributed by atoms with Crippen molar-refractivity contribution in [1.82, 2.24) is 20.1 Å². The van der Waals surface area contributed by atoms with Crippen LogP contribution in [0.3, 0.4) is 0 Å². The second-order valence-electron chi connectivity index (χ2n) is 11.5. The first-order valence-electron chi connectivity index (χ1n) is 13.8. The SMILES string of the molecule is CC(C)[C@@H](NC(=O)Nc1cc(C(F)(F)F)ccc1F)C(=O)N1CCC2(CC1)C(=O)N(C)C(=O)C2c1ccc2[nH]ccc2c1. The molecule has 5 rings (SSSR count). The first-order chi connectivity index (χ1) is 20.2. The number of aromatic nitrogens is 1. The van der Waals surface area contributed by atoms with Crippen LogP contribution in [0.25, 0.3) is 10.9 Å². The van der Waals surface area contributed by atoms with Crippen LogP contribution >= 0.6 is 0 Å². The summed E-state index contributed by atoms with van der Waals surface area (Å²) in [5, 5.41) is 5.44. The number of alkyl halides is 3. The van der Waals surface area contributed by atoms with Crippen molar-refractivity contribution in [2.75, 3.05) is 25.5 Å². The Hall–Kier alpha value is -4.42. The Balaban J connectivity index is 1.30. The fourth-order valence-electron chi connectivity index (χ4n) is 6.14. The molecule has 1 unspecified atom stereocenters. The normalized spacial score (nSPS) is 19.4. The number of urea groups is 1. The molecule has 228 valence electrons. The number of hydrogen-bond donors (Lipinski definition) is 3. The lowest BCUT2D eigenvalue weighted by Gasteiger charge is -2.41. The third-order valence-electron chi connectivity index (χ3n) is 8.50. The predicted molar refractivity (Wildman–Crippen MR) is 149 cm³/mol. The minimum absolute atomic E-state index is 0.142. The summed E-state index contributed by atoms with van der Waals surface area (Å²) in [7, 11) is 1.46. The second kappa shape index (κ2) is 11.0. The first-order valence-corrected chi connectivity index (χ1v) is 13.8. The fraction of sp³-hybridized carbons (Fsp3) is 0.400. The number of carbonyl (C=O) groups excluding carboxylic acids is 4. The summed E-state index contributed by atoms with van der Waals surface area (Å²) >= 11 is 0. The van der Waals surface area contributed by atoms with Crippen molar-refractivity contribution in [1.29, 1.82) is 0 Å². The Morgan fingerprint density at radius 3 is 2.40 bits per heavy atom. The summed E-state index contributed by atoms with van der Waals surface area (Å²) in [6.45, 7) is 3.65. The number of nitrogens with one attached hydrogen (secondary N) is 3. The summed E-state index contributed by atoms with van der Waals surface area (Å²) in [6.07, 6.45) is -2.51. The number of benzene rings is 2. The highest BCUT2D eigenvalue weighted by Crippen LogP contribution is 2.51. The number of likely N-dealkylation sites (tertiary alicyclic amines) is 2. The Labute approximate surface area is 244 Å². The summed E-state index contributed by atoms with van der Waals surface area (Å²) in [5.74, 6) is -3.27. The van der Waals surface area contributed by atoms with E-state index in [4.69, 9.17) is 0 Å². The van der Waals surface area contributed by atoms with E-state index in [2.05, 4.69) is 15.6 Å². The molecule has 0 radical (unpaired) electrons. The molecule has 0 bridgehead atoms. The van der Waals surface area contributed by atoms with Crippen LogP contribution in [0.5, 0.6) is 0 Å². The highest BCUT2D eigenvalue weighted by atomic mass is 19.4. The van der Waals surface area contributed by atoms with Crippen molar-refractivity contribution in [3.05, 3.63) is 65.6 Å². The monoisotopic (exact) mass is 601 g/mol. The number of halogens is 4. The van der Waals surface area contributed by atoms with Crippen LogP contribution in [0.2, 0.25) is 0 Å². The van der Waals surface area contributed by atoms with Gasteiger partial charge in [-0.2, -0.15) is 13.2 Å². The van der Waals surface area contributed by atoms with Gasteiger partial charge in [0.2, 0.25) is 17.7 Å². The number of nitrogens with zero attached hydrogens (tertiary/aromatic N) is 2. The van der Waals surface area contributed by atoms with Gasteiger partial charge in [0.15, 0.2) is 0 Å². The zero-order chi connectivity index (χ0) is 31.3. The lowest BCUT2D eigenvalue weighted by molar-refractivity contribution is -0.144. The molecule has 2 aromatic carbocycles. The maximum atomic E-state index is 14.2. The van der Waals surface area contributed by atoms with Gasteiger partial charge in [-0.1, -0.05) is 19.9 Å². The number of hydrogen-bond acceptors (Lipinski definition) is 4. The summed E-state index contributed by atoms with van der Waals surface area (Å²) in [5.41, 5.74) is -1.24. The van der Waals surface area contributed by atoms with E-state index in [-0.39, 0.29) is 37.7 Å². The van der Waals surface area contributed by atoms with Gasteiger partial charge in [0, 0.05) is 31.9 Å². The van der Waals surface area contributed by atoms with E-state index < -0.39 is 58.5 Å². The number of amides is 5. The molecule has 2 atom stereocenters. The number of piperidine rings is 1. The number of fused-ring (bicyclic) bond motifs is 1. The average molecular weight is 602 g/mol. The van der Waals surface area contributed by atoms with Gasteiger partial charge in [-0.05, 0) is 66.1 Å². The molecule has 2 saturated heterocycles. The minimum Gasteiger partial charge on any atom is -0.361 e. The molecule has 1 spiro atoms. The molecule has 0 saturated carbocycles. The maximum absolute atomic E-state index is 14.2.